The molecule has 1 aromatic heterocycles. The molecule has 3 aromatic rings. The summed E-state index contributed by atoms with van der Waals surface area (Å²) in [6.07, 6.45) is 3.49. The average molecular weight is 465 g/mol. The molecule has 0 aliphatic carbocycles. The Labute approximate surface area is 200 Å². The molecular weight excluding hydrogens is 432 g/mol. The van der Waals surface area contributed by atoms with Crippen LogP contribution in [-0.4, -0.2) is 54.8 Å². The van der Waals surface area contributed by atoms with Crippen molar-refractivity contribution in [3.05, 3.63) is 60.0 Å². The molecule has 1 N–H and O–H groups in total. The maximum Gasteiger partial charge on any atom is 0.241 e. The van der Waals surface area contributed by atoms with Crippen LogP contribution in [0.5, 0.6) is 11.5 Å². The Morgan fingerprint density at radius 3 is 2.59 bits per heavy atom. The minimum Gasteiger partial charge on any atom is -0.497 e. The molecule has 4 rings (SSSR count). The van der Waals surface area contributed by atoms with Crippen LogP contribution in [-0.2, 0) is 17.8 Å². The molecule has 8 heteroatoms. The van der Waals surface area contributed by atoms with Crippen LogP contribution in [0.3, 0.4) is 0 Å². The summed E-state index contributed by atoms with van der Waals surface area (Å²) in [5.41, 5.74) is 2.11. The van der Waals surface area contributed by atoms with Crippen molar-refractivity contribution in [2.24, 2.45) is 5.92 Å². The van der Waals surface area contributed by atoms with E-state index in [9.17, 15) is 4.79 Å². The van der Waals surface area contributed by atoms with Crippen molar-refractivity contribution in [3.8, 4) is 22.9 Å². The number of piperidine rings is 1. The maximum atomic E-state index is 12.6. The van der Waals surface area contributed by atoms with Gasteiger partial charge >= 0.3 is 0 Å². The largest absolute Gasteiger partial charge is 0.497 e. The van der Waals surface area contributed by atoms with Crippen molar-refractivity contribution in [2.75, 3.05) is 33.9 Å². The van der Waals surface area contributed by atoms with Crippen molar-refractivity contribution in [1.29, 1.82) is 0 Å². The van der Waals surface area contributed by atoms with Crippen molar-refractivity contribution < 1.29 is 18.8 Å². The van der Waals surface area contributed by atoms with Crippen molar-refractivity contribution in [1.82, 2.24) is 20.4 Å². The van der Waals surface area contributed by atoms with E-state index in [0.717, 1.165) is 55.8 Å². The summed E-state index contributed by atoms with van der Waals surface area (Å²) < 4.78 is 15.9. The number of nitrogens with one attached hydrogen (secondary N) is 1. The van der Waals surface area contributed by atoms with Gasteiger partial charge in [-0.3, -0.25) is 9.69 Å². The fourth-order valence-corrected chi connectivity index (χ4v) is 4.20. The molecule has 1 aliphatic rings. The van der Waals surface area contributed by atoms with Gasteiger partial charge < -0.3 is 19.3 Å². The Balaban J connectivity index is 1.17. The van der Waals surface area contributed by atoms with Gasteiger partial charge in [0, 0.05) is 18.0 Å². The van der Waals surface area contributed by atoms with E-state index in [1.165, 1.54) is 5.56 Å². The third-order valence-electron chi connectivity index (χ3n) is 6.21. The van der Waals surface area contributed by atoms with E-state index >= 15 is 0 Å². The van der Waals surface area contributed by atoms with E-state index < -0.39 is 0 Å². The summed E-state index contributed by atoms with van der Waals surface area (Å²) in [6.45, 7) is 2.95. The van der Waals surface area contributed by atoms with E-state index in [2.05, 4.69) is 26.4 Å². The van der Waals surface area contributed by atoms with E-state index in [-0.39, 0.29) is 11.8 Å². The van der Waals surface area contributed by atoms with Gasteiger partial charge in [-0.1, -0.05) is 17.3 Å². The minimum absolute atomic E-state index is 0.0608. The fourth-order valence-electron chi connectivity index (χ4n) is 4.20. The van der Waals surface area contributed by atoms with Gasteiger partial charge in [-0.25, -0.2) is 0 Å². The SMILES string of the molecule is COc1ccc(-c2noc(CN3CCC(C(=O)NCCCc4cccc(OC)c4)CC3)n2)cc1. The lowest BCUT2D eigenvalue weighted by molar-refractivity contribution is -0.126. The molecule has 180 valence electrons. The molecule has 0 bridgehead atoms. The molecule has 8 nitrogen and oxygen atoms in total. The lowest BCUT2D eigenvalue weighted by Gasteiger charge is -2.30. The number of methoxy groups -OCH3 is 2. The predicted molar refractivity (Wildman–Crippen MR) is 129 cm³/mol. The summed E-state index contributed by atoms with van der Waals surface area (Å²) in [7, 11) is 3.31. The summed E-state index contributed by atoms with van der Waals surface area (Å²) in [5.74, 6) is 3.03. The highest BCUT2D eigenvalue weighted by molar-refractivity contribution is 5.78. The molecule has 2 aromatic carbocycles. The summed E-state index contributed by atoms with van der Waals surface area (Å²) in [5, 5.41) is 7.21. The fraction of sp³-hybridized carbons (Fsp3) is 0.423. The molecule has 0 radical (unpaired) electrons. The Morgan fingerprint density at radius 2 is 1.85 bits per heavy atom. The van der Waals surface area contributed by atoms with E-state index in [4.69, 9.17) is 14.0 Å². The average Bonchev–Trinajstić information content (AvgIpc) is 3.35. The lowest BCUT2D eigenvalue weighted by Crippen LogP contribution is -2.40. The number of nitrogens with zero attached hydrogens (tertiary/aromatic N) is 3. The number of carbonyl (C=O) groups is 1. The van der Waals surface area contributed by atoms with E-state index in [0.29, 0.717) is 24.8 Å². The Morgan fingerprint density at radius 1 is 1.09 bits per heavy atom. The highest BCUT2D eigenvalue weighted by atomic mass is 16.5. The number of hydrogen-bond donors (Lipinski definition) is 1. The normalized spacial score (nSPS) is 14.6. The standard InChI is InChI=1S/C26H32N4O4/c1-32-22-10-8-20(9-11-22)25-28-24(34-29-25)18-30-15-12-21(13-16-30)26(31)27-14-4-6-19-5-3-7-23(17-19)33-2/h3,5,7-11,17,21H,4,6,12-16,18H2,1-2H3,(H,27,31). The highest BCUT2D eigenvalue weighted by Crippen LogP contribution is 2.22. The number of aryl methyl sites for hydroxylation is 1. The first-order valence-corrected chi connectivity index (χ1v) is 11.7. The molecule has 0 spiro atoms. The third kappa shape index (κ3) is 6.35. The molecule has 0 atom stereocenters. The van der Waals surface area contributed by atoms with Gasteiger partial charge in [-0.2, -0.15) is 4.98 Å². The van der Waals surface area contributed by atoms with Gasteiger partial charge in [0.25, 0.3) is 0 Å². The number of amides is 1. The second kappa shape index (κ2) is 11.7. The first kappa shape index (κ1) is 23.8. The molecule has 1 amide bonds. The molecule has 0 saturated carbocycles. The lowest BCUT2D eigenvalue weighted by atomic mass is 9.96. The maximum absolute atomic E-state index is 12.6. The van der Waals surface area contributed by atoms with Crippen LogP contribution in [0.2, 0.25) is 0 Å². The molecule has 34 heavy (non-hydrogen) atoms. The second-order valence-corrected chi connectivity index (χ2v) is 8.54. The number of ether oxygens (including phenoxy) is 2. The van der Waals surface area contributed by atoms with E-state index in [1.54, 1.807) is 14.2 Å². The number of rotatable bonds is 10. The Kier molecular flexibility index (Phi) is 8.14. The van der Waals surface area contributed by atoms with Crippen LogP contribution in [0.15, 0.2) is 53.1 Å². The second-order valence-electron chi connectivity index (χ2n) is 8.54. The third-order valence-corrected chi connectivity index (χ3v) is 6.21. The molecular formula is C26H32N4O4. The first-order valence-electron chi connectivity index (χ1n) is 11.7. The highest BCUT2D eigenvalue weighted by Gasteiger charge is 2.25. The number of likely N-dealkylation sites (tertiary alicyclic amines) is 1. The predicted octanol–water partition coefficient (Wildman–Crippen LogP) is 3.71. The molecule has 0 unspecified atom stereocenters. The van der Waals surface area contributed by atoms with Crippen LogP contribution in [0.4, 0.5) is 0 Å². The summed E-state index contributed by atoms with van der Waals surface area (Å²) >= 11 is 0. The van der Waals surface area contributed by atoms with Gasteiger partial charge in [-0.15, -0.1) is 0 Å². The molecule has 2 heterocycles. The van der Waals surface area contributed by atoms with Gasteiger partial charge in [0.1, 0.15) is 11.5 Å². The smallest absolute Gasteiger partial charge is 0.241 e. The van der Waals surface area contributed by atoms with Gasteiger partial charge in [0.15, 0.2) is 0 Å². The Bertz CT molecular complexity index is 1060. The topological polar surface area (TPSA) is 89.7 Å². The first-order chi connectivity index (χ1) is 16.6. The van der Waals surface area contributed by atoms with Gasteiger partial charge in [0.2, 0.25) is 17.6 Å². The van der Waals surface area contributed by atoms with Crippen molar-refractivity contribution in [2.45, 2.75) is 32.2 Å². The van der Waals surface area contributed by atoms with Crippen LogP contribution >= 0.6 is 0 Å². The van der Waals surface area contributed by atoms with Gasteiger partial charge in [-0.05, 0) is 80.7 Å². The zero-order chi connectivity index (χ0) is 23.8. The summed E-state index contributed by atoms with van der Waals surface area (Å²) in [6, 6.07) is 15.6. The monoisotopic (exact) mass is 464 g/mol. The quantitative estimate of drug-likeness (QED) is 0.458. The van der Waals surface area contributed by atoms with Crippen molar-refractivity contribution >= 4 is 5.91 Å². The molecule has 1 fully saturated rings. The number of aromatic nitrogens is 2. The number of hydrogen-bond acceptors (Lipinski definition) is 7. The van der Waals surface area contributed by atoms with Crippen molar-refractivity contribution in [3.63, 3.8) is 0 Å². The summed E-state index contributed by atoms with van der Waals surface area (Å²) in [4.78, 5) is 19.4. The Hall–Kier alpha value is -3.39. The zero-order valence-corrected chi connectivity index (χ0v) is 19.8. The van der Waals surface area contributed by atoms with Crippen LogP contribution < -0.4 is 14.8 Å². The minimum atomic E-state index is 0.0608. The van der Waals surface area contributed by atoms with Crippen LogP contribution in [0, 0.1) is 5.92 Å². The number of benzene rings is 2. The van der Waals surface area contributed by atoms with E-state index in [1.807, 2.05) is 42.5 Å². The van der Waals surface area contributed by atoms with Gasteiger partial charge in [0.05, 0.1) is 20.8 Å². The van der Waals surface area contributed by atoms with Crippen LogP contribution in [0.1, 0.15) is 30.7 Å². The molecule has 1 aliphatic heterocycles. The zero-order valence-electron chi connectivity index (χ0n) is 19.8. The number of carbonyl (C=O) groups excluding carboxylic acids is 1. The van der Waals surface area contributed by atoms with Crippen LogP contribution in [0.25, 0.3) is 11.4 Å². The molecule has 1 saturated heterocycles.